The van der Waals surface area contributed by atoms with E-state index in [1.54, 1.807) is 0 Å². The van der Waals surface area contributed by atoms with Crippen molar-refractivity contribution >= 4 is 0 Å². The molecule has 0 fully saturated rings. The van der Waals surface area contributed by atoms with Gasteiger partial charge in [-0.2, -0.15) is 5.10 Å². The van der Waals surface area contributed by atoms with Gasteiger partial charge in [0, 0.05) is 37.9 Å². The third-order valence-electron chi connectivity index (χ3n) is 3.80. The number of ether oxygens (including phenoxy) is 1. The van der Waals surface area contributed by atoms with Gasteiger partial charge in [-0.05, 0) is 45.2 Å². The fourth-order valence-corrected chi connectivity index (χ4v) is 2.27. The van der Waals surface area contributed by atoms with E-state index in [-0.39, 0.29) is 0 Å². The molecule has 4 nitrogen and oxygen atoms in total. The average molecular weight is 295 g/mol. The van der Waals surface area contributed by atoms with Gasteiger partial charge in [0.2, 0.25) is 0 Å². The fraction of sp³-hybridized carbons (Fsp3) is 0.824. The zero-order valence-corrected chi connectivity index (χ0v) is 14.3. The Morgan fingerprint density at radius 3 is 2.71 bits per heavy atom. The van der Waals surface area contributed by atoms with Crippen molar-refractivity contribution in [2.75, 3.05) is 19.8 Å². The van der Waals surface area contributed by atoms with Crippen molar-refractivity contribution in [1.82, 2.24) is 15.1 Å². The summed E-state index contributed by atoms with van der Waals surface area (Å²) in [6.07, 6.45) is 7.51. The molecule has 21 heavy (non-hydrogen) atoms. The molecule has 2 unspecified atom stereocenters. The van der Waals surface area contributed by atoms with Gasteiger partial charge < -0.3 is 10.1 Å². The minimum atomic E-state index is 0.460. The summed E-state index contributed by atoms with van der Waals surface area (Å²) >= 11 is 0. The Kier molecular flexibility index (Phi) is 9.35. The summed E-state index contributed by atoms with van der Waals surface area (Å²) < 4.78 is 7.71. The van der Waals surface area contributed by atoms with E-state index in [4.69, 9.17) is 9.84 Å². The molecule has 0 bridgehead atoms. The van der Waals surface area contributed by atoms with Gasteiger partial charge in [0.15, 0.2) is 0 Å². The lowest BCUT2D eigenvalue weighted by Crippen LogP contribution is -2.33. The maximum atomic E-state index is 5.63. The average Bonchev–Trinajstić information content (AvgIpc) is 2.96. The second-order valence-corrected chi connectivity index (χ2v) is 5.80. The van der Waals surface area contributed by atoms with Gasteiger partial charge in [0.25, 0.3) is 0 Å². The Hall–Kier alpha value is -0.870. The van der Waals surface area contributed by atoms with Crippen LogP contribution in [0.25, 0.3) is 0 Å². The Morgan fingerprint density at radius 1 is 1.24 bits per heavy atom. The molecule has 0 spiro atoms. The molecule has 1 aromatic rings. The molecule has 0 aliphatic carbocycles. The largest absolute Gasteiger partial charge is 0.381 e. The molecule has 1 heterocycles. The number of nitrogens with zero attached hydrogens (tertiary/aromatic N) is 2. The van der Waals surface area contributed by atoms with E-state index in [1.807, 2.05) is 0 Å². The fourth-order valence-electron chi connectivity index (χ4n) is 2.27. The van der Waals surface area contributed by atoms with Crippen LogP contribution in [0.5, 0.6) is 0 Å². The maximum Gasteiger partial charge on any atom is 0.0640 e. The van der Waals surface area contributed by atoms with Crippen LogP contribution >= 0.6 is 0 Å². The van der Waals surface area contributed by atoms with E-state index in [2.05, 4.69) is 50.0 Å². The number of hydrogen-bond acceptors (Lipinski definition) is 3. The first-order chi connectivity index (χ1) is 10.2. The highest BCUT2D eigenvalue weighted by molar-refractivity contribution is 5.02. The minimum absolute atomic E-state index is 0.460. The van der Waals surface area contributed by atoms with Crippen molar-refractivity contribution in [1.29, 1.82) is 0 Å². The van der Waals surface area contributed by atoms with Crippen molar-refractivity contribution < 1.29 is 4.74 Å². The van der Waals surface area contributed by atoms with Gasteiger partial charge >= 0.3 is 0 Å². The van der Waals surface area contributed by atoms with Crippen molar-refractivity contribution in [3.63, 3.8) is 0 Å². The normalized spacial score (nSPS) is 14.3. The molecule has 1 rings (SSSR count). The standard InChI is InChI=1S/C17H33N3O/c1-5-10-18-16(9-13-21-12-6-2)14-17-8-11-20(19-17)15(4)7-3/h8,11,15-16,18H,5-7,9-10,12-14H2,1-4H3. The third-order valence-corrected chi connectivity index (χ3v) is 3.80. The molecule has 0 aliphatic heterocycles. The molecule has 2 atom stereocenters. The number of nitrogens with one attached hydrogen (secondary N) is 1. The Bertz CT molecular complexity index is 365. The molecule has 0 aromatic carbocycles. The lowest BCUT2D eigenvalue weighted by atomic mass is 10.1. The van der Waals surface area contributed by atoms with Crippen molar-refractivity contribution in [3.8, 4) is 0 Å². The second-order valence-electron chi connectivity index (χ2n) is 5.80. The van der Waals surface area contributed by atoms with Gasteiger partial charge in [-0.1, -0.05) is 20.8 Å². The Morgan fingerprint density at radius 2 is 2.05 bits per heavy atom. The van der Waals surface area contributed by atoms with Crippen LogP contribution in [0.4, 0.5) is 0 Å². The first-order valence-electron chi connectivity index (χ1n) is 8.56. The lowest BCUT2D eigenvalue weighted by molar-refractivity contribution is 0.124. The van der Waals surface area contributed by atoms with E-state index in [1.165, 1.54) is 5.69 Å². The van der Waals surface area contributed by atoms with Crippen LogP contribution in [0.15, 0.2) is 12.3 Å². The molecule has 1 aromatic heterocycles. The number of aromatic nitrogens is 2. The molecule has 0 saturated heterocycles. The summed E-state index contributed by atoms with van der Waals surface area (Å²) in [5.74, 6) is 0. The molecule has 1 N–H and O–H groups in total. The Balaban J connectivity index is 2.48. The molecule has 0 aliphatic rings. The first-order valence-corrected chi connectivity index (χ1v) is 8.56. The molecule has 122 valence electrons. The van der Waals surface area contributed by atoms with E-state index in [0.29, 0.717) is 12.1 Å². The summed E-state index contributed by atoms with van der Waals surface area (Å²) in [5.41, 5.74) is 1.18. The topological polar surface area (TPSA) is 39.1 Å². The van der Waals surface area contributed by atoms with Gasteiger partial charge in [-0.25, -0.2) is 0 Å². The first kappa shape index (κ1) is 18.2. The van der Waals surface area contributed by atoms with Crippen LogP contribution in [0.1, 0.15) is 65.1 Å². The molecule has 0 amide bonds. The third kappa shape index (κ3) is 7.09. The lowest BCUT2D eigenvalue weighted by Gasteiger charge is -2.17. The van der Waals surface area contributed by atoms with Gasteiger partial charge in [-0.15, -0.1) is 0 Å². The zero-order valence-electron chi connectivity index (χ0n) is 14.3. The molecule has 0 saturated carbocycles. The van der Waals surface area contributed by atoms with Gasteiger partial charge in [-0.3, -0.25) is 4.68 Å². The van der Waals surface area contributed by atoms with E-state index in [9.17, 15) is 0 Å². The van der Waals surface area contributed by atoms with Gasteiger partial charge in [0.1, 0.15) is 0 Å². The van der Waals surface area contributed by atoms with Crippen molar-refractivity contribution in [3.05, 3.63) is 18.0 Å². The van der Waals surface area contributed by atoms with Crippen LogP contribution in [-0.2, 0) is 11.2 Å². The Labute approximate surface area is 130 Å². The predicted octanol–water partition coefficient (Wildman–Crippen LogP) is 3.58. The summed E-state index contributed by atoms with van der Waals surface area (Å²) in [5, 5.41) is 8.33. The molecule has 4 heteroatoms. The maximum absolute atomic E-state index is 5.63. The zero-order chi connectivity index (χ0) is 15.5. The van der Waals surface area contributed by atoms with Crippen LogP contribution in [0, 0.1) is 0 Å². The highest BCUT2D eigenvalue weighted by Crippen LogP contribution is 2.11. The van der Waals surface area contributed by atoms with Crippen LogP contribution in [-0.4, -0.2) is 35.6 Å². The summed E-state index contributed by atoms with van der Waals surface area (Å²) in [6.45, 7) is 11.5. The van der Waals surface area contributed by atoms with Crippen molar-refractivity contribution in [2.45, 2.75) is 71.9 Å². The van der Waals surface area contributed by atoms with Gasteiger partial charge in [0.05, 0.1) is 5.69 Å². The minimum Gasteiger partial charge on any atom is -0.381 e. The predicted molar refractivity (Wildman–Crippen MR) is 88.7 cm³/mol. The van der Waals surface area contributed by atoms with E-state index in [0.717, 1.165) is 51.9 Å². The number of rotatable bonds is 12. The van der Waals surface area contributed by atoms with E-state index < -0.39 is 0 Å². The summed E-state index contributed by atoms with van der Waals surface area (Å²) in [6, 6.07) is 3.09. The molecular formula is C17H33N3O. The van der Waals surface area contributed by atoms with Crippen LogP contribution < -0.4 is 5.32 Å². The second kappa shape index (κ2) is 10.8. The highest BCUT2D eigenvalue weighted by Gasteiger charge is 2.12. The number of hydrogen-bond donors (Lipinski definition) is 1. The molecular weight excluding hydrogens is 262 g/mol. The summed E-state index contributed by atoms with van der Waals surface area (Å²) in [7, 11) is 0. The van der Waals surface area contributed by atoms with Crippen molar-refractivity contribution in [2.24, 2.45) is 0 Å². The quantitative estimate of drug-likeness (QED) is 0.599. The SMILES string of the molecule is CCCNC(CCOCCC)Cc1ccn(C(C)CC)n1. The van der Waals surface area contributed by atoms with Crippen LogP contribution in [0.2, 0.25) is 0 Å². The monoisotopic (exact) mass is 295 g/mol. The smallest absolute Gasteiger partial charge is 0.0640 e. The van der Waals surface area contributed by atoms with E-state index >= 15 is 0 Å². The summed E-state index contributed by atoms with van der Waals surface area (Å²) in [4.78, 5) is 0. The molecule has 0 radical (unpaired) electrons. The highest BCUT2D eigenvalue weighted by atomic mass is 16.5. The van der Waals surface area contributed by atoms with Crippen LogP contribution in [0.3, 0.4) is 0 Å².